The summed E-state index contributed by atoms with van der Waals surface area (Å²) in [5.74, 6) is -2.24. The average molecular weight is 301 g/mol. The van der Waals surface area contributed by atoms with Crippen LogP contribution in [0.15, 0.2) is 24.3 Å². The Morgan fingerprint density at radius 3 is 2.43 bits per heavy atom. The number of nitriles is 1. The van der Waals surface area contributed by atoms with Crippen molar-refractivity contribution < 1.29 is 27.9 Å². The van der Waals surface area contributed by atoms with Gasteiger partial charge in [-0.2, -0.15) is 18.4 Å². The van der Waals surface area contributed by atoms with Gasteiger partial charge in [-0.3, -0.25) is 0 Å². The van der Waals surface area contributed by atoms with Gasteiger partial charge in [0, 0.05) is 5.69 Å². The van der Waals surface area contributed by atoms with Crippen LogP contribution in [0.1, 0.15) is 12.5 Å². The highest BCUT2D eigenvalue weighted by Crippen LogP contribution is 2.30. The number of carbonyl (C=O) groups is 2. The monoisotopic (exact) mass is 301 g/mol. The highest BCUT2D eigenvalue weighted by Gasteiger charge is 2.58. The maximum Gasteiger partial charge on any atom is 0.422 e. The van der Waals surface area contributed by atoms with E-state index in [4.69, 9.17) is 10.4 Å². The Hall–Kier alpha value is -2.76. The zero-order chi connectivity index (χ0) is 16.3. The predicted molar refractivity (Wildman–Crippen MR) is 65.4 cm³/mol. The average Bonchev–Trinajstić information content (AvgIpc) is 2.37. The van der Waals surface area contributed by atoms with Crippen molar-refractivity contribution in [2.45, 2.75) is 18.6 Å². The fraction of sp³-hybridized carbons (Fsp3) is 0.250. The van der Waals surface area contributed by atoms with Crippen LogP contribution < -0.4 is 10.6 Å². The van der Waals surface area contributed by atoms with Crippen LogP contribution in [0.3, 0.4) is 0 Å². The van der Waals surface area contributed by atoms with Gasteiger partial charge in [-0.15, -0.1) is 0 Å². The molecule has 1 atom stereocenters. The summed E-state index contributed by atoms with van der Waals surface area (Å²) in [6.45, 7) is 0.334. The van der Waals surface area contributed by atoms with Crippen molar-refractivity contribution in [1.82, 2.24) is 5.32 Å². The van der Waals surface area contributed by atoms with Crippen molar-refractivity contribution in [3.63, 3.8) is 0 Å². The van der Waals surface area contributed by atoms with Gasteiger partial charge in [-0.1, -0.05) is 6.07 Å². The summed E-state index contributed by atoms with van der Waals surface area (Å²) < 4.78 is 38.1. The Morgan fingerprint density at radius 1 is 1.33 bits per heavy atom. The van der Waals surface area contributed by atoms with Gasteiger partial charge in [-0.25, -0.2) is 9.59 Å². The van der Waals surface area contributed by atoms with E-state index in [0.29, 0.717) is 6.92 Å². The van der Waals surface area contributed by atoms with Crippen molar-refractivity contribution in [2.75, 3.05) is 5.32 Å². The Kier molecular flexibility index (Phi) is 4.42. The van der Waals surface area contributed by atoms with Crippen LogP contribution in [0.5, 0.6) is 0 Å². The lowest BCUT2D eigenvalue weighted by Crippen LogP contribution is -2.62. The smallest absolute Gasteiger partial charge is 0.422 e. The first-order chi connectivity index (χ1) is 9.60. The van der Waals surface area contributed by atoms with Crippen molar-refractivity contribution in [3.8, 4) is 6.07 Å². The molecule has 0 heterocycles. The first-order valence-electron chi connectivity index (χ1n) is 5.49. The van der Waals surface area contributed by atoms with E-state index >= 15 is 0 Å². The molecule has 0 aliphatic heterocycles. The Balaban J connectivity index is 2.90. The topological polar surface area (TPSA) is 102 Å². The van der Waals surface area contributed by atoms with Crippen LogP contribution in [-0.4, -0.2) is 28.8 Å². The molecule has 6 nitrogen and oxygen atoms in total. The number of hydrogen-bond donors (Lipinski definition) is 3. The van der Waals surface area contributed by atoms with Crippen LogP contribution in [0.4, 0.5) is 23.7 Å². The summed E-state index contributed by atoms with van der Waals surface area (Å²) in [5, 5.41) is 20.7. The number of halogens is 3. The molecule has 1 aromatic carbocycles. The number of aliphatic carboxylic acids is 1. The number of alkyl halides is 3. The van der Waals surface area contributed by atoms with E-state index in [1.807, 2.05) is 5.32 Å². The lowest BCUT2D eigenvalue weighted by molar-refractivity contribution is -0.203. The normalized spacial score (nSPS) is 13.7. The van der Waals surface area contributed by atoms with E-state index in [9.17, 15) is 22.8 Å². The van der Waals surface area contributed by atoms with Gasteiger partial charge in [0.2, 0.25) is 5.54 Å². The molecule has 112 valence electrons. The standard InChI is InChI=1S/C12H10F3N3O3/c1-11(9(19)20,12(13,14)15)18-10(21)17-8-4-2-3-7(5-8)6-16/h2-5H,1H3,(H,19,20)(H2,17,18,21). The number of anilines is 1. The molecule has 1 unspecified atom stereocenters. The summed E-state index contributed by atoms with van der Waals surface area (Å²) in [5.41, 5.74) is -3.18. The van der Waals surface area contributed by atoms with Gasteiger partial charge in [0.05, 0.1) is 11.6 Å². The number of carboxylic acids is 1. The third kappa shape index (κ3) is 3.62. The zero-order valence-corrected chi connectivity index (χ0v) is 10.7. The molecule has 3 N–H and O–H groups in total. The van der Waals surface area contributed by atoms with Crippen LogP contribution in [0, 0.1) is 11.3 Å². The van der Waals surface area contributed by atoms with E-state index in [1.54, 1.807) is 6.07 Å². The Morgan fingerprint density at radius 2 is 1.95 bits per heavy atom. The predicted octanol–water partition coefficient (Wildman–Crippen LogP) is 2.09. The molecule has 0 aromatic heterocycles. The maximum absolute atomic E-state index is 12.7. The number of amides is 2. The second kappa shape index (κ2) is 5.70. The quantitative estimate of drug-likeness (QED) is 0.795. The molecule has 0 bridgehead atoms. The first-order valence-corrected chi connectivity index (χ1v) is 5.49. The lowest BCUT2D eigenvalue weighted by Gasteiger charge is -2.28. The highest BCUT2D eigenvalue weighted by molar-refractivity contribution is 5.94. The van der Waals surface area contributed by atoms with E-state index in [2.05, 4.69) is 0 Å². The molecule has 0 saturated heterocycles. The number of carbonyl (C=O) groups excluding carboxylic acids is 1. The Labute approximate surface area is 117 Å². The number of nitrogens with one attached hydrogen (secondary N) is 2. The minimum Gasteiger partial charge on any atom is -0.479 e. The van der Waals surface area contributed by atoms with Crippen LogP contribution >= 0.6 is 0 Å². The van der Waals surface area contributed by atoms with Crippen molar-refractivity contribution in [3.05, 3.63) is 29.8 Å². The van der Waals surface area contributed by atoms with Gasteiger partial charge in [0.1, 0.15) is 0 Å². The molecule has 0 aliphatic carbocycles. The molecule has 1 aromatic rings. The number of nitrogens with zero attached hydrogens (tertiary/aromatic N) is 1. The van der Waals surface area contributed by atoms with E-state index in [-0.39, 0.29) is 11.3 Å². The van der Waals surface area contributed by atoms with E-state index in [1.165, 1.54) is 29.6 Å². The fourth-order valence-electron chi connectivity index (χ4n) is 1.30. The maximum atomic E-state index is 12.7. The minimum absolute atomic E-state index is 0.0569. The van der Waals surface area contributed by atoms with Crippen LogP contribution in [0.2, 0.25) is 0 Å². The minimum atomic E-state index is -5.18. The molecule has 0 saturated carbocycles. The molecule has 21 heavy (non-hydrogen) atoms. The number of rotatable bonds is 3. The van der Waals surface area contributed by atoms with Gasteiger partial charge in [0.15, 0.2) is 0 Å². The summed E-state index contributed by atoms with van der Waals surface area (Å²) in [7, 11) is 0. The molecule has 2 amide bonds. The summed E-state index contributed by atoms with van der Waals surface area (Å²) in [6.07, 6.45) is -5.18. The molecule has 0 spiro atoms. The van der Waals surface area contributed by atoms with Crippen LogP contribution in [0.25, 0.3) is 0 Å². The lowest BCUT2D eigenvalue weighted by atomic mass is 10.0. The summed E-state index contributed by atoms with van der Waals surface area (Å²) in [4.78, 5) is 22.3. The first kappa shape index (κ1) is 16.3. The third-order valence-electron chi connectivity index (χ3n) is 2.61. The number of urea groups is 1. The molecular weight excluding hydrogens is 291 g/mol. The van der Waals surface area contributed by atoms with E-state index in [0.717, 1.165) is 0 Å². The van der Waals surface area contributed by atoms with E-state index < -0.39 is 23.7 Å². The highest BCUT2D eigenvalue weighted by atomic mass is 19.4. The third-order valence-corrected chi connectivity index (χ3v) is 2.61. The summed E-state index contributed by atoms with van der Waals surface area (Å²) >= 11 is 0. The fourth-order valence-corrected chi connectivity index (χ4v) is 1.30. The Bertz CT molecular complexity index is 610. The van der Waals surface area contributed by atoms with Crippen LogP contribution in [-0.2, 0) is 4.79 Å². The van der Waals surface area contributed by atoms with Gasteiger partial charge in [0.25, 0.3) is 0 Å². The molecule has 0 radical (unpaired) electrons. The van der Waals surface area contributed by atoms with Crippen molar-refractivity contribution in [2.24, 2.45) is 0 Å². The van der Waals surface area contributed by atoms with Gasteiger partial charge >= 0.3 is 18.2 Å². The van der Waals surface area contributed by atoms with Crippen molar-refractivity contribution >= 4 is 17.7 Å². The second-order valence-corrected chi connectivity index (χ2v) is 4.20. The second-order valence-electron chi connectivity index (χ2n) is 4.20. The number of carboxylic acid groups (broad SMARTS) is 1. The summed E-state index contributed by atoms with van der Waals surface area (Å²) in [6, 6.07) is 5.84. The molecule has 0 fully saturated rings. The molecule has 0 aliphatic rings. The van der Waals surface area contributed by atoms with Gasteiger partial charge < -0.3 is 15.7 Å². The van der Waals surface area contributed by atoms with Crippen molar-refractivity contribution in [1.29, 1.82) is 5.26 Å². The molecule has 9 heteroatoms. The SMILES string of the molecule is CC(NC(=O)Nc1cccc(C#N)c1)(C(=O)O)C(F)(F)F. The zero-order valence-electron chi connectivity index (χ0n) is 10.7. The molecule has 1 rings (SSSR count). The molecular formula is C12H10F3N3O3. The largest absolute Gasteiger partial charge is 0.479 e. The van der Waals surface area contributed by atoms with Gasteiger partial charge in [-0.05, 0) is 25.1 Å². The number of benzene rings is 1. The number of hydrogen-bond acceptors (Lipinski definition) is 3.